The number of carbonyl (C=O) groups is 1. The van der Waals surface area contributed by atoms with Gasteiger partial charge in [-0.05, 0) is 18.8 Å². The molecule has 1 aromatic heterocycles. The van der Waals surface area contributed by atoms with E-state index in [0.29, 0.717) is 18.9 Å². The van der Waals surface area contributed by atoms with Crippen LogP contribution in [0.3, 0.4) is 0 Å². The molecule has 0 saturated carbocycles. The van der Waals surface area contributed by atoms with E-state index in [1.54, 1.807) is 0 Å². The number of carbonyl (C=O) groups excluding carboxylic acids is 1. The Labute approximate surface area is 117 Å². The van der Waals surface area contributed by atoms with Gasteiger partial charge < -0.3 is 10.3 Å². The Hall–Kier alpha value is -1.21. The molecule has 1 aromatic rings. The molecule has 0 bridgehead atoms. The minimum atomic E-state index is 0.217. The second-order valence-electron chi connectivity index (χ2n) is 4.99. The summed E-state index contributed by atoms with van der Waals surface area (Å²) in [6, 6.07) is 0. The predicted molar refractivity (Wildman–Crippen MR) is 75.4 cm³/mol. The van der Waals surface area contributed by atoms with Crippen LogP contribution in [0.1, 0.15) is 44.7 Å². The molecule has 1 fully saturated rings. The number of anilines is 1. The fourth-order valence-corrected chi connectivity index (χ4v) is 3.04. The molecular formula is C12H21N5OS. The number of rotatable bonds is 5. The molecule has 7 heteroatoms. The molecule has 1 aliphatic rings. The lowest BCUT2D eigenvalue weighted by Gasteiger charge is -2.20. The zero-order valence-corrected chi connectivity index (χ0v) is 12.1. The van der Waals surface area contributed by atoms with Crippen molar-refractivity contribution in [1.29, 1.82) is 0 Å². The van der Waals surface area contributed by atoms with Gasteiger partial charge in [-0.3, -0.25) is 4.79 Å². The molecule has 1 amide bonds. The smallest absolute Gasteiger partial charge is 0.222 e. The van der Waals surface area contributed by atoms with Crippen LogP contribution in [0.25, 0.3) is 0 Å². The summed E-state index contributed by atoms with van der Waals surface area (Å²) in [4.78, 5) is 14.0. The largest absolute Gasteiger partial charge is 0.337 e. The highest BCUT2D eigenvalue weighted by molar-refractivity contribution is 7.10. The zero-order chi connectivity index (χ0) is 13.7. The van der Waals surface area contributed by atoms with Gasteiger partial charge in [0, 0.05) is 24.5 Å². The molecule has 3 N–H and O–H groups in total. The average molecular weight is 283 g/mol. The fourth-order valence-electron chi connectivity index (χ4n) is 2.56. The highest BCUT2D eigenvalue weighted by Crippen LogP contribution is 2.25. The van der Waals surface area contributed by atoms with Crippen LogP contribution in [0, 0.1) is 5.92 Å². The molecule has 1 saturated heterocycles. The number of hydrogen-bond acceptors (Lipinski definition) is 6. The van der Waals surface area contributed by atoms with E-state index in [2.05, 4.69) is 21.9 Å². The Bertz CT molecular complexity index is 422. The third-order valence-corrected chi connectivity index (χ3v) is 4.35. The summed E-state index contributed by atoms with van der Waals surface area (Å²) in [5.74, 6) is 6.30. The van der Waals surface area contributed by atoms with Gasteiger partial charge in [0.1, 0.15) is 10.7 Å². The van der Waals surface area contributed by atoms with Gasteiger partial charge in [0.2, 0.25) is 5.91 Å². The maximum atomic E-state index is 12.1. The maximum Gasteiger partial charge on any atom is 0.222 e. The van der Waals surface area contributed by atoms with E-state index in [-0.39, 0.29) is 5.91 Å². The van der Waals surface area contributed by atoms with E-state index in [1.807, 2.05) is 4.90 Å². The zero-order valence-electron chi connectivity index (χ0n) is 11.3. The van der Waals surface area contributed by atoms with Crippen molar-refractivity contribution < 1.29 is 4.79 Å². The second kappa shape index (κ2) is 6.81. The molecule has 1 aliphatic heterocycles. The summed E-state index contributed by atoms with van der Waals surface area (Å²) >= 11 is 1.22. The number of likely N-dealkylation sites (tertiary alicyclic amines) is 1. The van der Waals surface area contributed by atoms with Crippen molar-refractivity contribution in [2.75, 3.05) is 12.0 Å². The molecular weight excluding hydrogens is 262 g/mol. The number of nitrogen functional groups attached to an aromatic ring is 1. The number of nitrogens with two attached hydrogens (primary N) is 1. The number of hydrazine groups is 1. The van der Waals surface area contributed by atoms with Gasteiger partial charge in [-0.1, -0.05) is 24.3 Å². The Morgan fingerprint density at radius 2 is 2.37 bits per heavy atom. The van der Waals surface area contributed by atoms with Gasteiger partial charge in [-0.25, -0.2) is 5.84 Å². The average Bonchev–Trinajstić information content (AvgIpc) is 2.79. The van der Waals surface area contributed by atoms with Gasteiger partial charge in [0.05, 0.1) is 6.54 Å². The summed E-state index contributed by atoms with van der Waals surface area (Å²) in [5.41, 5.74) is 3.34. The minimum absolute atomic E-state index is 0.217. The predicted octanol–water partition coefficient (Wildman–Crippen LogP) is 1.75. The number of amides is 1. The molecule has 0 radical (unpaired) electrons. The Balaban J connectivity index is 1.98. The van der Waals surface area contributed by atoms with Crippen molar-refractivity contribution in [2.24, 2.45) is 11.8 Å². The third-order valence-electron chi connectivity index (χ3n) is 3.65. The molecule has 0 aromatic carbocycles. The molecule has 2 rings (SSSR count). The van der Waals surface area contributed by atoms with Crippen molar-refractivity contribution in [2.45, 2.75) is 45.6 Å². The maximum absolute atomic E-state index is 12.1. The highest BCUT2D eigenvalue weighted by atomic mass is 32.1. The van der Waals surface area contributed by atoms with Crippen molar-refractivity contribution in [1.82, 2.24) is 14.5 Å². The van der Waals surface area contributed by atoms with E-state index in [1.165, 1.54) is 24.4 Å². The first kappa shape index (κ1) is 14.2. The van der Waals surface area contributed by atoms with Crippen LogP contribution in [0.2, 0.25) is 0 Å². The van der Waals surface area contributed by atoms with Gasteiger partial charge in [0.25, 0.3) is 0 Å². The molecule has 19 heavy (non-hydrogen) atoms. The molecule has 106 valence electrons. The third kappa shape index (κ3) is 3.63. The topological polar surface area (TPSA) is 84.1 Å². The molecule has 1 atom stereocenters. The van der Waals surface area contributed by atoms with Crippen molar-refractivity contribution in [3.05, 3.63) is 5.69 Å². The lowest BCUT2D eigenvalue weighted by Crippen LogP contribution is -2.30. The lowest BCUT2D eigenvalue weighted by atomic mass is 9.96. The fraction of sp³-hybridized carbons (Fsp3) is 0.750. The number of aromatic nitrogens is 2. The van der Waals surface area contributed by atoms with Crippen LogP contribution in [0.5, 0.6) is 0 Å². The first-order valence-electron chi connectivity index (χ1n) is 6.80. The first-order valence-corrected chi connectivity index (χ1v) is 7.57. The first-order chi connectivity index (χ1) is 9.24. The van der Waals surface area contributed by atoms with E-state index in [9.17, 15) is 4.79 Å². The normalized spacial score (nSPS) is 20.4. The minimum Gasteiger partial charge on any atom is -0.337 e. The van der Waals surface area contributed by atoms with Crippen LogP contribution >= 0.6 is 11.5 Å². The molecule has 0 aliphatic carbocycles. The number of nitrogens with zero attached hydrogens (tertiary/aromatic N) is 3. The van der Waals surface area contributed by atoms with Crippen LogP contribution < -0.4 is 11.3 Å². The molecule has 2 heterocycles. The molecule has 1 unspecified atom stereocenters. The molecule has 0 spiro atoms. The van der Waals surface area contributed by atoms with E-state index in [4.69, 9.17) is 5.84 Å². The number of hydrogen-bond donors (Lipinski definition) is 2. The SMILES string of the molecule is CCCC1CCC(=O)N(Cc2nnsc2NN)CC1. The van der Waals surface area contributed by atoms with E-state index >= 15 is 0 Å². The quantitative estimate of drug-likeness (QED) is 0.635. The summed E-state index contributed by atoms with van der Waals surface area (Å²) in [6.07, 6.45) is 5.15. The van der Waals surface area contributed by atoms with Gasteiger partial charge >= 0.3 is 0 Å². The Morgan fingerprint density at radius 1 is 1.53 bits per heavy atom. The number of nitrogens with one attached hydrogen (secondary N) is 1. The van der Waals surface area contributed by atoms with Crippen molar-refractivity contribution in [3.8, 4) is 0 Å². The second-order valence-corrected chi connectivity index (χ2v) is 5.74. The van der Waals surface area contributed by atoms with E-state index < -0.39 is 0 Å². The lowest BCUT2D eigenvalue weighted by molar-refractivity contribution is -0.131. The summed E-state index contributed by atoms with van der Waals surface area (Å²) in [6.45, 7) is 3.52. The van der Waals surface area contributed by atoms with E-state index in [0.717, 1.165) is 30.1 Å². The monoisotopic (exact) mass is 283 g/mol. The van der Waals surface area contributed by atoms with Crippen molar-refractivity contribution >= 4 is 22.4 Å². The summed E-state index contributed by atoms with van der Waals surface area (Å²) in [7, 11) is 0. The van der Waals surface area contributed by atoms with Crippen molar-refractivity contribution in [3.63, 3.8) is 0 Å². The summed E-state index contributed by atoms with van der Waals surface area (Å²) in [5, 5.41) is 4.77. The standard InChI is InChI=1S/C12H21N5OS/c1-2-3-9-4-5-11(18)17(7-6-9)8-10-12(14-13)19-16-15-10/h9,14H,2-8,13H2,1H3. The van der Waals surface area contributed by atoms with Crippen LogP contribution in [0.15, 0.2) is 0 Å². The van der Waals surface area contributed by atoms with Gasteiger partial charge in [-0.2, -0.15) is 0 Å². The Kier molecular flexibility index (Phi) is 5.09. The Morgan fingerprint density at radius 3 is 3.11 bits per heavy atom. The summed E-state index contributed by atoms with van der Waals surface area (Å²) < 4.78 is 3.86. The van der Waals surface area contributed by atoms with Gasteiger partial charge in [0.15, 0.2) is 0 Å². The van der Waals surface area contributed by atoms with Crippen LogP contribution in [-0.4, -0.2) is 26.9 Å². The van der Waals surface area contributed by atoms with Crippen LogP contribution in [0.4, 0.5) is 5.00 Å². The molecule has 6 nitrogen and oxygen atoms in total. The van der Waals surface area contributed by atoms with Crippen LogP contribution in [-0.2, 0) is 11.3 Å². The van der Waals surface area contributed by atoms with Gasteiger partial charge in [-0.15, -0.1) is 5.10 Å². The highest BCUT2D eigenvalue weighted by Gasteiger charge is 2.23.